The van der Waals surface area contributed by atoms with Crippen molar-refractivity contribution in [3.63, 3.8) is 0 Å². The molecule has 0 bridgehead atoms. The van der Waals surface area contributed by atoms with E-state index in [9.17, 15) is 4.79 Å². The van der Waals surface area contributed by atoms with Gasteiger partial charge in [0.15, 0.2) is 0 Å². The molecule has 20 heavy (non-hydrogen) atoms. The fraction of sp³-hybridized carbons (Fsp3) is 0.833. The second kappa shape index (κ2) is 10.0. The lowest BCUT2D eigenvalue weighted by molar-refractivity contribution is -0.141. The second-order valence-corrected chi connectivity index (χ2v) is 6.47. The third-order valence-corrected chi connectivity index (χ3v) is 4.54. The van der Waals surface area contributed by atoms with E-state index in [0.29, 0.717) is 6.61 Å². The predicted octanol–water partition coefficient (Wildman–Crippen LogP) is 5.27. The van der Waals surface area contributed by atoms with Gasteiger partial charge in [-0.15, -0.1) is 0 Å². The van der Waals surface area contributed by atoms with Crippen molar-refractivity contribution < 1.29 is 9.53 Å². The van der Waals surface area contributed by atoms with Crippen molar-refractivity contribution in [2.75, 3.05) is 6.61 Å². The summed E-state index contributed by atoms with van der Waals surface area (Å²) in [7, 11) is 0. The molecule has 0 spiro atoms. The summed E-state index contributed by atoms with van der Waals surface area (Å²) < 4.78 is 4.92. The number of unbranched alkanes of at least 4 members (excludes halogenated alkanes) is 4. The molecule has 1 aliphatic carbocycles. The summed E-state index contributed by atoms with van der Waals surface area (Å²) in [6, 6.07) is 0. The van der Waals surface area contributed by atoms with Gasteiger partial charge >= 0.3 is 5.97 Å². The van der Waals surface area contributed by atoms with Crippen LogP contribution in [0.3, 0.4) is 0 Å². The third-order valence-electron chi connectivity index (χ3n) is 4.54. The van der Waals surface area contributed by atoms with Crippen LogP contribution >= 0.6 is 0 Å². The van der Waals surface area contributed by atoms with Crippen molar-refractivity contribution in [3.8, 4) is 0 Å². The van der Waals surface area contributed by atoms with Gasteiger partial charge in [0.05, 0.1) is 6.61 Å². The number of rotatable bonds is 9. The van der Waals surface area contributed by atoms with Crippen molar-refractivity contribution in [2.45, 2.75) is 78.1 Å². The highest BCUT2D eigenvalue weighted by molar-refractivity contribution is 5.65. The van der Waals surface area contributed by atoms with Gasteiger partial charge in [0.1, 0.15) is 0 Å². The summed E-state index contributed by atoms with van der Waals surface area (Å²) in [5, 5.41) is 0. The lowest BCUT2D eigenvalue weighted by Crippen LogP contribution is -2.13. The molecular weight excluding hydrogens is 248 g/mol. The van der Waals surface area contributed by atoms with Crippen LogP contribution in [-0.4, -0.2) is 12.6 Å². The minimum atomic E-state index is -0.164. The van der Waals surface area contributed by atoms with Gasteiger partial charge in [0, 0.05) is 6.92 Å². The maximum atomic E-state index is 10.6. The van der Waals surface area contributed by atoms with E-state index < -0.39 is 0 Å². The molecule has 116 valence electrons. The van der Waals surface area contributed by atoms with Crippen molar-refractivity contribution in [3.05, 3.63) is 12.2 Å². The van der Waals surface area contributed by atoms with Crippen LogP contribution in [0.5, 0.6) is 0 Å². The van der Waals surface area contributed by atoms with Crippen LogP contribution in [0.1, 0.15) is 78.1 Å². The van der Waals surface area contributed by atoms with Crippen molar-refractivity contribution in [2.24, 2.45) is 11.8 Å². The molecule has 1 aliphatic rings. The van der Waals surface area contributed by atoms with E-state index >= 15 is 0 Å². The molecule has 0 amide bonds. The lowest BCUT2D eigenvalue weighted by Gasteiger charge is -2.27. The van der Waals surface area contributed by atoms with Crippen molar-refractivity contribution in [1.29, 1.82) is 0 Å². The monoisotopic (exact) mass is 280 g/mol. The zero-order chi connectivity index (χ0) is 14.8. The molecule has 0 aromatic heterocycles. The Morgan fingerprint density at radius 1 is 1.05 bits per heavy atom. The maximum Gasteiger partial charge on any atom is 0.302 e. The molecule has 0 saturated heterocycles. The molecule has 2 nitrogen and oxygen atoms in total. The number of ether oxygens (including phenoxy) is 1. The number of hydrogen-bond donors (Lipinski definition) is 0. The highest BCUT2D eigenvalue weighted by Crippen LogP contribution is 2.34. The number of hydrogen-bond acceptors (Lipinski definition) is 2. The molecule has 1 fully saturated rings. The first-order chi connectivity index (χ1) is 9.59. The van der Waals surface area contributed by atoms with Gasteiger partial charge in [-0.25, -0.2) is 0 Å². The Balaban J connectivity index is 1.93. The summed E-state index contributed by atoms with van der Waals surface area (Å²) in [5.41, 5.74) is 1.50. The zero-order valence-electron chi connectivity index (χ0n) is 13.5. The maximum absolute atomic E-state index is 10.6. The molecule has 1 rings (SSSR count). The lowest BCUT2D eigenvalue weighted by atomic mass is 9.78. The first-order valence-electron chi connectivity index (χ1n) is 8.40. The average Bonchev–Trinajstić information content (AvgIpc) is 2.42. The molecule has 1 saturated carbocycles. The summed E-state index contributed by atoms with van der Waals surface area (Å²) in [6.45, 7) is 8.74. The Morgan fingerprint density at radius 3 is 2.30 bits per heavy atom. The molecule has 0 aliphatic heterocycles. The highest BCUT2D eigenvalue weighted by atomic mass is 16.5. The van der Waals surface area contributed by atoms with Gasteiger partial charge < -0.3 is 4.74 Å². The summed E-state index contributed by atoms with van der Waals surface area (Å²) in [6.07, 6.45) is 12.7. The molecule has 0 unspecified atom stereocenters. The summed E-state index contributed by atoms with van der Waals surface area (Å²) in [4.78, 5) is 10.6. The predicted molar refractivity (Wildman–Crippen MR) is 84.6 cm³/mol. The number of carbonyl (C=O) groups excluding carboxylic acids is 1. The first-order valence-corrected chi connectivity index (χ1v) is 8.40. The zero-order valence-corrected chi connectivity index (χ0v) is 13.5. The number of allylic oxidation sites excluding steroid dienone is 1. The SMILES string of the molecule is C=C(CCCCCCCOC(C)=O)C1CCC(C)CC1. The quantitative estimate of drug-likeness (QED) is 0.326. The van der Waals surface area contributed by atoms with E-state index in [4.69, 9.17) is 4.74 Å². The van der Waals surface area contributed by atoms with Crippen LogP contribution in [0.4, 0.5) is 0 Å². The second-order valence-electron chi connectivity index (χ2n) is 6.47. The Hall–Kier alpha value is -0.790. The smallest absolute Gasteiger partial charge is 0.302 e. The Bertz CT molecular complexity index is 288. The fourth-order valence-electron chi connectivity index (χ4n) is 3.07. The number of carbonyl (C=O) groups is 1. The molecule has 0 N–H and O–H groups in total. The van der Waals surface area contributed by atoms with E-state index in [-0.39, 0.29) is 5.97 Å². The summed E-state index contributed by atoms with van der Waals surface area (Å²) >= 11 is 0. The van der Waals surface area contributed by atoms with E-state index in [2.05, 4.69) is 13.5 Å². The van der Waals surface area contributed by atoms with E-state index in [1.54, 1.807) is 0 Å². The minimum absolute atomic E-state index is 0.164. The number of esters is 1. The Morgan fingerprint density at radius 2 is 1.65 bits per heavy atom. The van der Waals surface area contributed by atoms with Gasteiger partial charge in [-0.1, -0.05) is 51.2 Å². The largest absolute Gasteiger partial charge is 0.466 e. The van der Waals surface area contributed by atoms with Crippen molar-refractivity contribution >= 4 is 5.97 Å². The summed E-state index contributed by atoms with van der Waals surface area (Å²) in [5.74, 6) is 1.56. The van der Waals surface area contributed by atoms with Gasteiger partial charge in [-0.2, -0.15) is 0 Å². The van der Waals surface area contributed by atoms with Gasteiger partial charge in [-0.05, 0) is 43.9 Å². The van der Waals surface area contributed by atoms with Crippen LogP contribution in [0, 0.1) is 11.8 Å². The highest BCUT2D eigenvalue weighted by Gasteiger charge is 2.19. The molecule has 0 heterocycles. The molecule has 0 radical (unpaired) electrons. The van der Waals surface area contributed by atoms with Crippen LogP contribution in [0.2, 0.25) is 0 Å². The Labute approximate surface area is 125 Å². The van der Waals surface area contributed by atoms with Crippen LogP contribution in [-0.2, 0) is 9.53 Å². The van der Waals surface area contributed by atoms with E-state index in [1.807, 2.05) is 0 Å². The molecule has 0 aromatic carbocycles. The Kier molecular flexibility index (Phi) is 8.64. The standard InChI is InChI=1S/C18H32O2/c1-15-10-12-18(13-11-15)16(2)9-7-5-4-6-8-14-20-17(3)19/h15,18H,2,4-14H2,1,3H3. The van der Waals surface area contributed by atoms with Gasteiger partial charge in [-0.3, -0.25) is 4.79 Å². The van der Waals surface area contributed by atoms with E-state index in [0.717, 1.165) is 18.3 Å². The molecule has 2 heteroatoms. The van der Waals surface area contributed by atoms with Crippen LogP contribution in [0.25, 0.3) is 0 Å². The molecule has 0 atom stereocenters. The topological polar surface area (TPSA) is 26.3 Å². The van der Waals surface area contributed by atoms with Crippen LogP contribution in [0.15, 0.2) is 12.2 Å². The minimum Gasteiger partial charge on any atom is -0.466 e. The van der Waals surface area contributed by atoms with Gasteiger partial charge in [0.2, 0.25) is 0 Å². The first kappa shape index (κ1) is 17.3. The van der Waals surface area contributed by atoms with E-state index in [1.165, 1.54) is 70.3 Å². The van der Waals surface area contributed by atoms with Gasteiger partial charge in [0.25, 0.3) is 0 Å². The average molecular weight is 280 g/mol. The normalized spacial score (nSPS) is 22.5. The van der Waals surface area contributed by atoms with Crippen molar-refractivity contribution in [1.82, 2.24) is 0 Å². The molecule has 0 aromatic rings. The molecular formula is C18H32O2. The fourth-order valence-corrected chi connectivity index (χ4v) is 3.07. The van der Waals surface area contributed by atoms with Crippen LogP contribution < -0.4 is 0 Å². The third kappa shape index (κ3) is 7.72.